The average molecular weight is 204 g/mol. The monoisotopic (exact) mass is 204 g/mol. The predicted octanol–water partition coefficient (Wildman–Crippen LogP) is 2.30. The SMILES string of the molecule is CN1CCCC[C@@H]1c1ccccc1CN. The van der Waals surface area contributed by atoms with E-state index in [-0.39, 0.29) is 0 Å². The molecule has 2 rings (SSSR count). The van der Waals surface area contributed by atoms with Crippen LogP contribution in [0, 0.1) is 0 Å². The lowest BCUT2D eigenvalue weighted by Crippen LogP contribution is -2.30. The molecule has 1 aliphatic rings. The number of hydrogen-bond acceptors (Lipinski definition) is 2. The molecule has 0 amide bonds. The molecule has 1 heterocycles. The van der Waals surface area contributed by atoms with E-state index in [4.69, 9.17) is 5.73 Å². The third-order valence-corrected chi connectivity index (χ3v) is 3.40. The number of nitrogens with zero attached hydrogens (tertiary/aromatic N) is 1. The Morgan fingerprint density at radius 3 is 2.87 bits per heavy atom. The summed E-state index contributed by atoms with van der Waals surface area (Å²) in [6.07, 6.45) is 3.94. The van der Waals surface area contributed by atoms with Crippen molar-refractivity contribution in [1.29, 1.82) is 0 Å². The highest BCUT2D eigenvalue weighted by atomic mass is 15.1. The maximum atomic E-state index is 5.78. The molecule has 1 aliphatic heterocycles. The van der Waals surface area contributed by atoms with Crippen LogP contribution in [0.25, 0.3) is 0 Å². The highest BCUT2D eigenvalue weighted by Gasteiger charge is 2.21. The van der Waals surface area contributed by atoms with Crippen molar-refractivity contribution in [3.8, 4) is 0 Å². The van der Waals surface area contributed by atoms with Crippen molar-refractivity contribution in [3.63, 3.8) is 0 Å². The molecule has 0 bridgehead atoms. The van der Waals surface area contributed by atoms with E-state index >= 15 is 0 Å². The summed E-state index contributed by atoms with van der Waals surface area (Å²) in [5.41, 5.74) is 8.52. The fourth-order valence-electron chi connectivity index (χ4n) is 2.51. The van der Waals surface area contributed by atoms with Gasteiger partial charge in [0.2, 0.25) is 0 Å². The minimum absolute atomic E-state index is 0.582. The summed E-state index contributed by atoms with van der Waals surface area (Å²) in [5.74, 6) is 0. The molecule has 82 valence electrons. The molecule has 0 unspecified atom stereocenters. The van der Waals surface area contributed by atoms with Crippen LogP contribution in [0.15, 0.2) is 24.3 Å². The van der Waals surface area contributed by atoms with Crippen LogP contribution in [0.1, 0.15) is 36.4 Å². The van der Waals surface area contributed by atoms with E-state index in [2.05, 4.69) is 36.2 Å². The Hall–Kier alpha value is -0.860. The van der Waals surface area contributed by atoms with E-state index in [1.165, 1.54) is 36.9 Å². The number of piperidine rings is 1. The lowest BCUT2D eigenvalue weighted by atomic mass is 9.92. The Labute approximate surface area is 92.1 Å². The van der Waals surface area contributed by atoms with Gasteiger partial charge in [0.25, 0.3) is 0 Å². The van der Waals surface area contributed by atoms with E-state index in [0.717, 1.165) is 0 Å². The zero-order valence-electron chi connectivity index (χ0n) is 9.45. The smallest absolute Gasteiger partial charge is 0.0348 e. The summed E-state index contributed by atoms with van der Waals surface area (Å²) in [7, 11) is 2.22. The zero-order chi connectivity index (χ0) is 10.7. The van der Waals surface area contributed by atoms with Gasteiger partial charge in [-0.05, 0) is 37.6 Å². The molecule has 2 nitrogen and oxygen atoms in total. The number of hydrogen-bond donors (Lipinski definition) is 1. The third-order valence-electron chi connectivity index (χ3n) is 3.40. The zero-order valence-corrected chi connectivity index (χ0v) is 9.45. The number of rotatable bonds is 2. The standard InChI is InChI=1S/C13H20N2/c1-15-9-5-4-8-13(15)12-7-3-2-6-11(12)10-14/h2-3,6-7,13H,4-5,8-10,14H2,1H3/t13-/m1/s1. The molecule has 1 aromatic rings. The van der Waals surface area contributed by atoms with Crippen LogP contribution in [0.2, 0.25) is 0 Å². The number of benzene rings is 1. The van der Waals surface area contributed by atoms with Crippen molar-refractivity contribution in [1.82, 2.24) is 4.90 Å². The van der Waals surface area contributed by atoms with Crippen molar-refractivity contribution in [3.05, 3.63) is 35.4 Å². The fraction of sp³-hybridized carbons (Fsp3) is 0.538. The normalized spacial score (nSPS) is 22.9. The van der Waals surface area contributed by atoms with Gasteiger partial charge in [0.15, 0.2) is 0 Å². The van der Waals surface area contributed by atoms with Gasteiger partial charge >= 0.3 is 0 Å². The molecule has 0 saturated carbocycles. The second-order valence-electron chi connectivity index (χ2n) is 4.40. The second kappa shape index (κ2) is 4.77. The van der Waals surface area contributed by atoms with E-state index in [1.807, 2.05) is 0 Å². The maximum absolute atomic E-state index is 5.78. The molecule has 0 spiro atoms. The maximum Gasteiger partial charge on any atom is 0.0348 e. The molecule has 0 radical (unpaired) electrons. The Bertz CT molecular complexity index is 322. The van der Waals surface area contributed by atoms with Crippen LogP contribution >= 0.6 is 0 Å². The minimum Gasteiger partial charge on any atom is -0.326 e. The van der Waals surface area contributed by atoms with Crippen molar-refractivity contribution >= 4 is 0 Å². The highest BCUT2D eigenvalue weighted by Crippen LogP contribution is 2.31. The van der Waals surface area contributed by atoms with E-state index < -0.39 is 0 Å². The molecule has 0 aromatic heterocycles. The first-order chi connectivity index (χ1) is 7.33. The lowest BCUT2D eigenvalue weighted by Gasteiger charge is -2.33. The highest BCUT2D eigenvalue weighted by molar-refractivity contribution is 5.30. The lowest BCUT2D eigenvalue weighted by molar-refractivity contribution is 0.186. The first kappa shape index (κ1) is 10.7. The Morgan fingerprint density at radius 1 is 1.33 bits per heavy atom. The fourth-order valence-corrected chi connectivity index (χ4v) is 2.51. The van der Waals surface area contributed by atoms with Crippen LogP contribution in [0.5, 0.6) is 0 Å². The van der Waals surface area contributed by atoms with Gasteiger partial charge in [0.05, 0.1) is 0 Å². The van der Waals surface area contributed by atoms with Crippen molar-refractivity contribution in [2.75, 3.05) is 13.6 Å². The molecule has 1 fully saturated rings. The second-order valence-corrected chi connectivity index (χ2v) is 4.40. The van der Waals surface area contributed by atoms with Gasteiger partial charge in [0.1, 0.15) is 0 Å². The van der Waals surface area contributed by atoms with Gasteiger partial charge in [-0.1, -0.05) is 30.7 Å². The quantitative estimate of drug-likeness (QED) is 0.801. The topological polar surface area (TPSA) is 29.3 Å². The van der Waals surface area contributed by atoms with Gasteiger partial charge in [0, 0.05) is 12.6 Å². The number of likely N-dealkylation sites (tertiary alicyclic amines) is 1. The Balaban J connectivity index is 2.26. The van der Waals surface area contributed by atoms with Crippen molar-refractivity contribution in [2.45, 2.75) is 31.8 Å². The van der Waals surface area contributed by atoms with E-state index in [9.17, 15) is 0 Å². The molecule has 15 heavy (non-hydrogen) atoms. The van der Waals surface area contributed by atoms with Gasteiger partial charge in [-0.25, -0.2) is 0 Å². The molecule has 2 N–H and O–H groups in total. The average Bonchev–Trinajstić information content (AvgIpc) is 2.30. The van der Waals surface area contributed by atoms with Crippen molar-refractivity contribution < 1.29 is 0 Å². The summed E-state index contributed by atoms with van der Waals surface area (Å²) in [5, 5.41) is 0. The summed E-state index contributed by atoms with van der Waals surface area (Å²) in [6, 6.07) is 9.16. The summed E-state index contributed by atoms with van der Waals surface area (Å²) < 4.78 is 0. The molecule has 2 heteroatoms. The molecular weight excluding hydrogens is 184 g/mol. The van der Waals surface area contributed by atoms with Crippen LogP contribution in [0.3, 0.4) is 0 Å². The third kappa shape index (κ3) is 2.21. The van der Waals surface area contributed by atoms with Crippen LogP contribution in [-0.4, -0.2) is 18.5 Å². The Morgan fingerprint density at radius 2 is 2.13 bits per heavy atom. The molecule has 1 saturated heterocycles. The first-order valence-corrected chi connectivity index (χ1v) is 5.81. The van der Waals surface area contributed by atoms with E-state index in [1.54, 1.807) is 0 Å². The van der Waals surface area contributed by atoms with Gasteiger partial charge < -0.3 is 5.73 Å². The molecular formula is C13H20N2. The van der Waals surface area contributed by atoms with Crippen molar-refractivity contribution in [2.24, 2.45) is 5.73 Å². The predicted molar refractivity (Wildman–Crippen MR) is 63.6 cm³/mol. The van der Waals surface area contributed by atoms with E-state index in [0.29, 0.717) is 12.6 Å². The van der Waals surface area contributed by atoms with Gasteiger partial charge in [-0.2, -0.15) is 0 Å². The summed E-state index contributed by atoms with van der Waals surface area (Å²) >= 11 is 0. The van der Waals surface area contributed by atoms with Crippen LogP contribution in [-0.2, 0) is 6.54 Å². The summed E-state index contributed by atoms with van der Waals surface area (Å²) in [6.45, 7) is 1.87. The van der Waals surface area contributed by atoms with Gasteiger partial charge in [-0.15, -0.1) is 0 Å². The molecule has 0 aliphatic carbocycles. The molecule has 1 aromatic carbocycles. The van der Waals surface area contributed by atoms with Crippen LogP contribution in [0.4, 0.5) is 0 Å². The minimum atomic E-state index is 0.582. The van der Waals surface area contributed by atoms with Crippen LogP contribution < -0.4 is 5.73 Å². The number of nitrogens with two attached hydrogens (primary N) is 1. The first-order valence-electron chi connectivity index (χ1n) is 5.81. The molecule has 1 atom stereocenters. The largest absolute Gasteiger partial charge is 0.326 e. The Kier molecular flexibility index (Phi) is 3.39. The summed E-state index contributed by atoms with van der Waals surface area (Å²) in [4.78, 5) is 2.46. The van der Waals surface area contributed by atoms with Gasteiger partial charge in [-0.3, -0.25) is 4.90 Å².